The lowest BCUT2D eigenvalue weighted by molar-refractivity contribution is -0.130. The number of nitrogens with zero attached hydrogens (tertiary/aromatic N) is 2. The van der Waals surface area contributed by atoms with Crippen LogP contribution in [0.4, 0.5) is 0 Å². The minimum Gasteiger partial charge on any atom is -0.494 e. The standard InChI is InChI=1S/C29H39ClN2O4/c1-23-11-12-26(30)27(18-23)36-22-29(34)13-6-14-31(21-29)20-24-8-5-9-25(19-24)35-17-7-16-32-15-4-2-3-10-28(32)33/h5,8-9,11-12,18-19,34H,2-4,6-7,10,13-17,20-22H2,1H3. The molecule has 1 N–H and O–H groups in total. The van der Waals surface area contributed by atoms with Crippen molar-refractivity contribution in [2.45, 2.75) is 64.0 Å². The number of ether oxygens (including phenoxy) is 2. The molecule has 2 heterocycles. The average Bonchev–Trinajstić information content (AvgIpc) is 3.06. The fraction of sp³-hybridized carbons (Fsp3) is 0.552. The fourth-order valence-electron chi connectivity index (χ4n) is 5.10. The SMILES string of the molecule is Cc1ccc(Cl)c(OCC2(O)CCCN(Cc3cccc(OCCCN4CCCCCC4=O)c3)C2)c1. The number of halogens is 1. The van der Waals surface area contributed by atoms with Crippen molar-refractivity contribution < 1.29 is 19.4 Å². The quantitative estimate of drug-likeness (QED) is 0.440. The molecule has 1 unspecified atom stereocenters. The zero-order valence-electron chi connectivity index (χ0n) is 21.4. The second-order valence-corrected chi connectivity index (χ2v) is 10.7. The maximum Gasteiger partial charge on any atom is 0.222 e. The van der Waals surface area contributed by atoms with Crippen LogP contribution in [0.2, 0.25) is 5.02 Å². The summed E-state index contributed by atoms with van der Waals surface area (Å²) in [5, 5.41) is 11.8. The molecule has 2 aliphatic heterocycles. The van der Waals surface area contributed by atoms with Gasteiger partial charge in [0.15, 0.2) is 0 Å². The topological polar surface area (TPSA) is 62.2 Å². The number of likely N-dealkylation sites (tertiary alicyclic amines) is 2. The highest BCUT2D eigenvalue weighted by Gasteiger charge is 2.34. The van der Waals surface area contributed by atoms with Crippen molar-refractivity contribution in [3.8, 4) is 11.5 Å². The Hall–Kier alpha value is -2.28. The van der Waals surface area contributed by atoms with Crippen molar-refractivity contribution >= 4 is 17.5 Å². The average molecular weight is 515 g/mol. The summed E-state index contributed by atoms with van der Waals surface area (Å²) in [6, 6.07) is 13.8. The van der Waals surface area contributed by atoms with Crippen molar-refractivity contribution in [1.82, 2.24) is 9.80 Å². The van der Waals surface area contributed by atoms with E-state index in [-0.39, 0.29) is 12.5 Å². The third-order valence-corrected chi connectivity index (χ3v) is 7.35. The number of piperidine rings is 1. The molecule has 2 aromatic carbocycles. The molecule has 196 valence electrons. The van der Waals surface area contributed by atoms with Crippen molar-refractivity contribution in [2.75, 3.05) is 39.4 Å². The number of aliphatic hydroxyl groups is 1. The van der Waals surface area contributed by atoms with Gasteiger partial charge in [0.25, 0.3) is 0 Å². The van der Waals surface area contributed by atoms with E-state index in [0.29, 0.717) is 36.8 Å². The summed E-state index contributed by atoms with van der Waals surface area (Å²) in [6.45, 7) is 6.67. The predicted molar refractivity (Wildman–Crippen MR) is 143 cm³/mol. The van der Waals surface area contributed by atoms with Gasteiger partial charge in [-0.2, -0.15) is 0 Å². The minimum absolute atomic E-state index is 0.218. The summed E-state index contributed by atoms with van der Waals surface area (Å²) in [5.74, 6) is 1.75. The van der Waals surface area contributed by atoms with Crippen LogP contribution in [-0.2, 0) is 11.3 Å². The van der Waals surface area contributed by atoms with E-state index in [2.05, 4.69) is 17.0 Å². The summed E-state index contributed by atoms with van der Waals surface area (Å²) in [7, 11) is 0. The number of carbonyl (C=O) groups is 1. The van der Waals surface area contributed by atoms with E-state index in [1.165, 1.54) is 0 Å². The number of rotatable bonds is 10. The molecule has 0 aromatic heterocycles. The van der Waals surface area contributed by atoms with Gasteiger partial charge in [-0.1, -0.05) is 36.2 Å². The molecule has 2 saturated heterocycles. The van der Waals surface area contributed by atoms with Gasteiger partial charge in [0.2, 0.25) is 5.91 Å². The lowest BCUT2D eigenvalue weighted by atomic mass is 9.93. The summed E-state index contributed by atoms with van der Waals surface area (Å²) >= 11 is 6.26. The Kier molecular flexibility index (Phi) is 9.52. The number of β-amino-alcohol motifs (C(OH)–C–C–N with tert-alkyl or cyclic N) is 1. The highest BCUT2D eigenvalue weighted by molar-refractivity contribution is 6.32. The Morgan fingerprint density at radius 3 is 2.83 bits per heavy atom. The maximum atomic E-state index is 12.1. The molecule has 0 bridgehead atoms. The molecular weight excluding hydrogens is 476 g/mol. The van der Waals surface area contributed by atoms with E-state index in [4.69, 9.17) is 21.1 Å². The number of amides is 1. The number of aryl methyl sites for hydroxylation is 1. The number of hydrogen-bond donors (Lipinski definition) is 1. The summed E-state index contributed by atoms with van der Waals surface area (Å²) in [4.78, 5) is 16.4. The summed E-state index contributed by atoms with van der Waals surface area (Å²) < 4.78 is 11.9. The van der Waals surface area contributed by atoms with Crippen molar-refractivity contribution in [3.63, 3.8) is 0 Å². The molecule has 0 radical (unpaired) electrons. The normalized spacial score (nSPS) is 21.3. The first kappa shape index (κ1) is 26.8. The lowest BCUT2D eigenvalue weighted by Gasteiger charge is -2.39. The van der Waals surface area contributed by atoms with Gasteiger partial charge in [0.05, 0.1) is 11.6 Å². The van der Waals surface area contributed by atoms with Crippen LogP contribution in [0.1, 0.15) is 56.1 Å². The number of hydrogen-bond acceptors (Lipinski definition) is 5. The van der Waals surface area contributed by atoms with Gasteiger partial charge < -0.3 is 19.5 Å². The van der Waals surface area contributed by atoms with Gasteiger partial charge in [0.1, 0.15) is 23.7 Å². The van der Waals surface area contributed by atoms with Crippen LogP contribution in [0.25, 0.3) is 0 Å². The molecule has 4 rings (SSSR count). The van der Waals surface area contributed by atoms with Gasteiger partial charge in [-0.3, -0.25) is 9.69 Å². The highest BCUT2D eigenvalue weighted by atomic mass is 35.5. The second-order valence-electron chi connectivity index (χ2n) is 10.3. The van der Waals surface area contributed by atoms with Crippen LogP contribution in [0.3, 0.4) is 0 Å². The first-order chi connectivity index (χ1) is 17.4. The molecule has 0 spiro atoms. The second kappa shape index (κ2) is 12.8. The first-order valence-corrected chi connectivity index (χ1v) is 13.6. The highest BCUT2D eigenvalue weighted by Crippen LogP contribution is 2.29. The van der Waals surface area contributed by atoms with Gasteiger partial charge >= 0.3 is 0 Å². The zero-order chi connectivity index (χ0) is 25.4. The number of carbonyl (C=O) groups excluding carboxylic acids is 1. The van der Waals surface area contributed by atoms with Gasteiger partial charge in [-0.05, 0) is 81.0 Å². The molecule has 1 amide bonds. The van der Waals surface area contributed by atoms with Crippen LogP contribution in [0, 0.1) is 6.92 Å². The Morgan fingerprint density at radius 1 is 1.06 bits per heavy atom. The van der Waals surface area contributed by atoms with E-state index in [1.54, 1.807) is 0 Å². The monoisotopic (exact) mass is 514 g/mol. The van der Waals surface area contributed by atoms with Crippen molar-refractivity contribution in [3.05, 3.63) is 58.6 Å². The summed E-state index contributed by atoms with van der Waals surface area (Å²) in [6.07, 6.45) is 6.39. The molecular formula is C29H39ClN2O4. The van der Waals surface area contributed by atoms with E-state index in [1.807, 2.05) is 42.2 Å². The molecule has 0 saturated carbocycles. The molecule has 6 nitrogen and oxygen atoms in total. The fourth-order valence-corrected chi connectivity index (χ4v) is 5.28. The Labute approximate surface area is 220 Å². The Morgan fingerprint density at radius 2 is 1.94 bits per heavy atom. The lowest BCUT2D eigenvalue weighted by Crippen LogP contribution is -2.51. The first-order valence-electron chi connectivity index (χ1n) is 13.2. The molecule has 36 heavy (non-hydrogen) atoms. The van der Waals surface area contributed by atoms with E-state index in [9.17, 15) is 9.90 Å². The van der Waals surface area contributed by atoms with E-state index >= 15 is 0 Å². The summed E-state index contributed by atoms with van der Waals surface area (Å²) in [5.41, 5.74) is 1.32. The maximum absolute atomic E-state index is 12.1. The van der Waals surface area contributed by atoms with Crippen molar-refractivity contribution in [1.29, 1.82) is 0 Å². The zero-order valence-corrected chi connectivity index (χ0v) is 22.1. The molecule has 0 aliphatic carbocycles. The molecule has 2 fully saturated rings. The molecule has 2 aliphatic rings. The smallest absolute Gasteiger partial charge is 0.222 e. The third-order valence-electron chi connectivity index (χ3n) is 7.03. The van der Waals surface area contributed by atoms with Gasteiger partial charge in [-0.15, -0.1) is 0 Å². The largest absolute Gasteiger partial charge is 0.494 e. The van der Waals surface area contributed by atoms with Gasteiger partial charge in [-0.25, -0.2) is 0 Å². The Bertz CT molecular complexity index is 1020. The molecule has 1 atom stereocenters. The van der Waals surface area contributed by atoms with Crippen molar-refractivity contribution in [2.24, 2.45) is 0 Å². The minimum atomic E-state index is -0.912. The molecule has 7 heteroatoms. The van der Waals surface area contributed by atoms with E-state index < -0.39 is 5.60 Å². The Balaban J connectivity index is 1.24. The third kappa shape index (κ3) is 7.86. The van der Waals surface area contributed by atoms with Crippen LogP contribution < -0.4 is 9.47 Å². The van der Waals surface area contributed by atoms with Crippen LogP contribution >= 0.6 is 11.6 Å². The van der Waals surface area contributed by atoms with E-state index in [0.717, 1.165) is 75.2 Å². The molecule has 2 aromatic rings. The van der Waals surface area contributed by atoms with Gasteiger partial charge in [0, 0.05) is 32.6 Å². The predicted octanol–water partition coefficient (Wildman–Crippen LogP) is 5.23. The number of benzene rings is 2. The van der Waals surface area contributed by atoms with Crippen LogP contribution in [0.5, 0.6) is 11.5 Å². The van der Waals surface area contributed by atoms with Crippen LogP contribution in [0.15, 0.2) is 42.5 Å². The van der Waals surface area contributed by atoms with Crippen LogP contribution in [-0.4, -0.2) is 65.8 Å².